The molecule has 10 nitrogen and oxygen atoms in total. The predicted octanol–water partition coefficient (Wildman–Crippen LogP) is 2.29. The van der Waals surface area contributed by atoms with Crippen LogP contribution in [-0.4, -0.2) is 75.6 Å². The fourth-order valence-electron chi connectivity index (χ4n) is 6.39. The van der Waals surface area contributed by atoms with Crippen molar-refractivity contribution in [2.45, 2.75) is 24.5 Å². The molecule has 2 aromatic carbocycles. The minimum Gasteiger partial charge on any atom is -0.508 e. The number of phenolic OH excluding ortho intramolecular Hbond substituents is 1. The molecule has 2 aromatic rings. The molecule has 0 bridgehead atoms. The van der Waals surface area contributed by atoms with Crippen LogP contribution in [0.1, 0.15) is 17.5 Å². The van der Waals surface area contributed by atoms with Crippen LogP contribution in [0.3, 0.4) is 0 Å². The average molecular weight is 555 g/mol. The molecule has 1 fully saturated rings. The molecule has 4 atom stereocenters. The van der Waals surface area contributed by atoms with Crippen LogP contribution in [-0.2, 0) is 20.8 Å². The maximum atomic E-state index is 13.9. The van der Waals surface area contributed by atoms with Gasteiger partial charge in [-0.3, -0.25) is 19.3 Å². The molecule has 39 heavy (non-hydrogen) atoms. The van der Waals surface area contributed by atoms with Gasteiger partial charge in [-0.15, -0.1) is 0 Å². The van der Waals surface area contributed by atoms with E-state index in [0.29, 0.717) is 27.5 Å². The lowest BCUT2D eigenvalue weighted by Gasteiger charge is -2.50. The van der Waals surface area contributed by atoms with Crippen LogP contribution in [0.15, 0.2) is 47.2 Å². The Morgan fingerprint density at radius 3 is 2.44 bits per heavy atom. The molecule has 0 unspecified atom stereocenters. The highest BCUT2D eigenvalue weighted by molar-refractivity contribution is 6.31. The maximum absolute atomic E-state index is 13.9. The maximum Gasteiger partial charge on any atom is 0.255 e. The van der Waals surface area contributed by atoms with Gasteiger partial charge in [0.1, 0.15) is 28.6 Å². The van der Waals surface area contributed by atoms with Crippen molar-refractivity contribution in [1.29, 1.82) is 0 Å². The Morgan fingerprint density at radius 1 is 1.13 bits per heavy atom. The Labute approximate surface area is 228 Å². The summed E-state index contributed by atoms with van der Waals surface area (Å²) in [5, 5.41) is 45.3. The van der Waals surface area contributed by atoms with Gasteiger partial charge in [0.25, 0.3) is 5.91 Å². The Hall–Kier alpha value is -3.86. The Morgan fingerprint density at radius 2 is 1.82 bits per heavy atom. The van der Waals surface area contributed by atoms with E-state index in [4.69, 9.17) is 22.1 Å². The predicted molar refractivity (Wildman–Crippen MR) is 141 cm³/mol. The molecular formula is C28H27ClN2O8. The number of carbonyl (C=O) groups is 3. The fraction of sp³-hybridized carbons (Fsp3) is 0.321. The van der Waals surface area contributed by atoms with Crippen LogP contribution >= 0.6 is 11.6 Å². The number of carbonyl (C=O) groups excluding carboxylic acids is 3. The van der Waals surface area contributed by atoms with Crippen molar-refractivity contribution in [1.82, 2.24) is 4.90 Å². The first-order valence-corrected chi connectivity index (χ1v) is 12.6. The van der Waals surface area contributed by atoms with Crippen molar-refractivity contribution < 1.29 is 39.5 Å². The van der Waals surface area contributed by atoms with Crippen LogP contribution in [0.2, 0.25) is 5.02 Å². The zero-order chi connectivity index (χ0) is 28.5. The van der Waals surface area contributed by atoms with Gasteiger partial charge in [-0.1, -0.05) is 17.7 Å². The molecule has 0 radical (unpaired) electrons. The summed E-state index contributed by atoms with van der Waals surface area (Å²) < 4.78 is 5.51. The molecule has 6 N–H and O–H groups in total. The van der Waals surface area contributed by atoms with Gasteiger partial charge >= 0.3 is 0 Å². The molecule has 5 rings (SSSR count). The molecule has 0 saturated heterocycles. The summed E-state index contributed by atoms with van der Waals surface area (Å²) in [7, 11) is 4.60. The first-order valence-electron chi connectivity index (χ1n) is 12.2. The molecule has 1 saturated carbocycles. The van der Waals surface area contributed by atoms with Crippen molar-refractivity contribution in [2.75, 3.05) is 21.2 Å². The average Bonchev–Trinajstić information content (AvgIpc) is 2.86. The first-order chi connectivity index (χ1) is 18.3. The van der Waals surface area contributed by atoms with E-state index in [1.165, 1.54) is 18.1 Å². The van der Waals surface area contributed by atoms with Crippen LogP contribution in [0.4, 0.5) is 0 Å². The number of benzene rings is 2. The molecule has 204 valence electrons. The summed E-state index contributed by atoms with van der Waals surface area (Å²) in [6.07, 6.45) is 0.140. The number of fused-ring (bicyclic) bond motifs is 3. The van der Waals surface area contributed by atoms with Crippen LogP contribution in [0, 0.1) is 11.8 Å². The lowest BCUT2D eigenvalue weighted by atomic mass is 9.57. The van der Waals surface area contributed by atoms with Gasteiger partial charge < -0.3 is 30.9 Å². The lowest BCUT2D eigenvalue weighted by molar-refractivity contribution is -0.153. The molecule has 0 aromatic heterocycles. The Balaban J connectivity index is 1.76. The Bertz CT molecular complexity index is 1530. The van der Waals surface area contributed by atoms with Crippen LogP contribution < -0.4 is 10.5 Å². The number of amides is 1. The lowest BCUT2D eigenvalue weighted by Crippen LogP contribution is -2.65. The van der Waals surface area contributed by atoms with E-state index in [1.54, 1.807) is 38.4 Å². The van der Waals surface area contributed by atoms with Crippen molar-refractivity contribution in [3.05, 3.63) is 63.4 Å². The smallest absolute Gasteiger partial charge is 0.255 e. The number of Topliss-reactive ketones (excluding diaryl/α,β-unsaturated/α-hetero) is 2. The van der Waals surface area contributed by atoms with Crippen LogP contribution in [0.5, 0.6) is 11.5 Å². The molecular weight excluding hydrogens is 528 g/mol. The van der Waals surface area contributed by atoms with E-state index in [1.807, 2.05) is 0 Å². The summed E-state index contributed by atoms with van der Waals surface area (Å²) in [4.78, 5) is 40.7. The standard InChI is InChI=1S/C28H27ClN2O8/c1-31(2)22-16-9-11-8-15-13(14-10-12(29)4-7-18(14)39-3)5-6-17(32)20(15)23(33)19(11)25(35)28(16,38)26(36)21(24(22)34)27(30)37/h4-7,10-11,16,22,32-33,36,38H,8-9H2,1-3H3,(H2,30,37)/t11-,16-,22-,28-/m0/s1. The zero-order valence-electron chi connectivity index (χ0n) is 21.4. The third-order valence-corrected chi connectivity index (χ3v) is 8.29. The molecule has 0 heterocycles. The molecule has 0 spiro atoms. The van der Waals surface area contributed by atoms with Gasteiger partial charge in [-0.25, -0.2) is 0 Å². The number of likely N-dealkylation sites (N-methyl/N-ethyl adjacent to an activating group) is 1. The number of halogens is 1. The third-order valence-electron chi connectivity index (χ3n) is 8.06. The molecule has 11 heteroatoms. The van der Waals surface area contributed by atoms with Crippen molar-refractivity contribution in [2.24, 2.45) is 17.6 Å². The number of ketones is 2. The number of nitrogens with zero attached hydrogens (tertiary/aromatic N) is 1. The first kappa shape index (κ1) is 26.7. The van der Waals surface area contributed by atoms with E-state index in [9.17, 15) is 34.8 Å². The topological polar surface area (TPSA) is 171 Å². The van der Waals surface area contributed by atoms with Gasteiger partial charge in [-0.2, -0.15) is 0 Å². The summed E-state index contributed by atoms with van der Waals surface area (Å²) in [5.41, 5.74) is 3.30. The molecule has 3 aliphatic carbocycles. The highest BCUT2D eigenvalue weighted by Gasteiger charge is 2.64. The SMILES string of the molecule is COc1ccc(Cl)cc1-c1ccc(O)c2c1C[C@H]1C[C@H]3[C@H](N(C)C)C(=O)C(C(N)=O)=C(O)[C@@]3(O)C(=O)C1=C2O. The second kappa shape index (κ2) is 9.11. The summed E-state index contributed by atoms with van der Waals surface area (Å²) in [5.74, 6) is -6.49. The second-order valence-electron chi connectivity index (χ2n) is 10.3. The van der Waals surface area contributed by atoms with Crippen molar-refractivity contribution in [3.63, 3.8) is 0 Å². The van der Waals surface area contributed by atoms with E-state index in [0.717, 1.165) is 0 Å². The number of ether oxygens (including phenoxy) is 1. The summed E-state index contributed by atoms with van der Waals surface area (Å²) in [6, 6.07) is 6.90. The number of aliphatic hydroxyl groups excluding tert-OH is 2. The van der Waals surface area contributed by atoms with Gasteiger partial charge in [0.2, 0.25) is 5.78 Å². The highest BCUT2D eigenvalue weighted by Crippen LogP contribution is 2.54. The largest absolute Gasteiger partial charge is 0.508 e. The zero-order valence-corrected chi connectivity index (χ0v) is 22.1. The monoisotopic (exact) mass is 554 g/mol. The Kier molecular flexibility index (Phi) is 6.25. The highest BCUT2D eigenvalue weighted by atomic mass is 35.5. The number of primary amides is 1. The number of methoxy groups -OCH3 is 1. The number of aliphatic hydroxyl groups is 3. The second-order valence-corrected chi connectivity index (χ2v) is 10.7. The van der Waals surface area contributed by atoms with Crippen molar-refractivity contribution >= 4 is 34.8 Å². The summed E-state index contributed by atoms with van der Waals surface area (Å²) in [6.45, 7) is 0. The van der Waals surface area contributed by atoms with Gasteiger partial charge in [0.15, 0.2) is 11.4 Å². The van der Waals surface area contributed by atoms with E-state index in [2.05, 4.69) is 0 Å². The van der Waals surface area contributed by atoms with E-state index < -0.39 is 58.0 Å². The quantitative estimate of drug-likeness (QED) is 0.356. The van der Waals surface area contributed by atoms with Gasteiger partial charge in [-0.05, 0) is 68.2 Å². The molecule has 3 aliphatic rings. The minimum atomic E-state index is -2.69. The van der Waals surface area contributed by atoms with Crippen molar-refractivity contribution in [3.8, 4) is 22.6 Å². The third kappa shape index (κ3) is 3.66. The number of aromatic hydroxyl groups is 1. The van der Waals surface area contributed by atoms with Gasteiger partial charge in [0, 0.05) is 22.1 Å². The number of rotatable bonds is 4. The van der Waals surface area contributed by atoms with Crippen LogP contribution in [0.25, 0.3) is 16.9 Å². The summed E-state index contributed by atoms with van der Waals surface area (Å²) >= 11 is 6.26. The number of nitrogens with two attached hydrogens (primary N) is 1. The fourth-order valence-corrected chi connectivity index (χ4v) is 6.56. The van der Waals surface area contributed by atoms with E-state index in [-0.39, 0.29) is 29.7 Å². The number of hydrogen-bond donors (Lipinski definition) is 5. The number of hydrogen-bond acceptors (Lipinski definition) is 9. The van der Waals surface area contributed by atoms with E-state index >= 15 is 0 Å². The normalized spacial score (nSPS) is 26.4. The minimum absolute atomic E-state index is 0.00641. The molecule has 1 amide bonds. The van der Waals surface area contributed by atoms with Gasteiger partial charge in [0.05, 0.1) is 18.7 Å². The molecule has 0 aliphatic heterocycles. The number of phenols is 1.